The quantitative estimate of drug-likeness (QED) is 0.227. The number of rotatable bonds is 8. The predicted molar refractivity (Wildman–Crippen MR) is 130 cm³/mol. The molecular formula is C26H28N4O3. The first-order valence-electron chi connectivity index (χ1n) is 10.6. The third-order valence-electron chi connectivity index (χ3n) is 5.11. The van der Waals surface area contributed by atoms with Gasteiger partial charge in [0.2, 0.25) is 0 Å². The zero-order chi connectivity index (χ0) is 23.6. The molecule has 0 aliphatic heterocycles. The van der Waals surface area contributed by atoms with Crippen molar-refractivity contribution in [1.82, 2.24) is 15.0 Å². The van der Waals surface area contributed by atoms with E-state index >= 15 is 0 Å². The van der Waals surface area contributed by atoms with E-state index in [0.717, 1.165) is 47.0 Å². The molecule has 0 spiro atoms. The molecule has 4 aromatic rings. The third kappa shape index (κ3) is 6.27. The van der Waals surface area contributed by atoms with Gasteiger partial charge in [0.05, 0.1) is 34.4 Å². The fraction of sp³-hybridized carbons (Fsp3) is 0.192. The van der Waals surface area contributed by atoms with Crippen molar-refractivity contribution < 1.29 is 14.9 Å². The molecule has 0 unspecified atom stereocenters. The normalized spacial score (nSPS) is 11.1. The van der Waals surface area contributed by atoms with Gasteiger partial charge in [-0.1, -0.05) is 30.3 Å². The summed E-state index contributed by atoms with van der Waals surface area (Å²) in [6, 6.07) is 17.6. The molecule has 4 rings (SSSR count). The second-order valence-corrected chi connectivity index (χ2v) is 7.29. The van der Waals surface area contributed by atoms with Crippen molar-refractivity contribution in [3.63, 3.8) is 0 Å². The van der Waals surface area contributed by atoms with Crippen molar-refractivity contribution in [2.24, 2.45) is 0 Å². The lowest BCUT2D eigenvalue weighted by Gasteiger charge is -2.09. The number of hydrogen-bond donors (Lipinski definition) is 4. The number of nitrogens with zero attached hydrogens (tertiary/aromatic N) is 2. The van der Waals surface area contributed by atoms with Gasteiger partial charge in [0, 0.05) is 19.1 Å². The van der Waals surface area contributed by atoms with Crippen molar-refractivity contribution in [1.29, 1.82) is 5.41 Å². The van der Waals surface area contributed by atoms with Crippen molar-refractivity contribution >= 4 is 16.7 Å². The first kappa shape index (κ1) is 23.7. The standard InChI is InChI=1S/C25H24N4O2.CH4O/c1-2-20(30)9-6-17-7-10-21(11-8-17)31-15-18-4-3-5-19(12-18)25(26)23-13-22-24(29-23)14-27-16-28-22;1-2/h2-5,7-8,10-14,16,26,29-30H,6,9,15H2,1H3;2H,1H3/b20-2+,26-25?;. The molecule has 33 heavy (non-hydrogen) atoms. The Balaban J connectivity index is 0.00000149. The molecule has 0 aliphatic carbocycles. The molecule has 7 nitrogen and oxygen atoms in total. The van der Waals surface area contributed by atoms with Crippen molar-refractivity contribution in [2.45, 2.75) is 26.4 Å². The van der Waals surface area contributed by atoms with Crippen LogP contribution in [0.3, 0.4) is 0 Å². The molecule has 4 N–H and O–H groups in total. The van der Waals surface area contributed by atoms with Gasteiger partial charge >= 0.3 is 0 Å². The van der Waals surface area contributed by atoms with E-state index in [1.54, 1.807) is 12.3 Å². The van der Waals surface area contributed by atoms with Crippen LogP contribution in [0.4, 0.5) is 0 Å². The summed E-state index contributed by atoms with van der Waals surface area (Å²) in [5.41, 5.74) is 5.64. The van der Waals surface area contributed by atoms with Crippen molar-refractivity contribution in [3.8, 4) is 5.75 Å². The molecule has 0 amide bonds. The number of aliphatic hydroxyl groups excluding tert-OH is 2. The Kier molecular flexibility index (Phi) is 8.32. The number of nitrogens with one attached hydrogen (secondary N) is 2. The molecule has 0 atom stereocenters. The summed E-state index contributed by atoms with van der Waals surface area (Å²) in [6.45, 7) is 2.25. The number of fused-ring (bicyclic) bond motifs is 1. The van der Waals surface area contributed by atoms with Gasteiger partial charge in [-0.3, -0.25) is 5.41 Å². The summed E-state index contributed by atoms with van der Waals surface area (Å²) < 4.78 is 5.92. The zero-order valence-corrected chi connectivity index (χ0v) is 18.7. The minimum atomic E-state index is 0.397. The van der Waals surface area contributed by atoms with Crippen LogP contribution in [0.15, 0.2) is 79.0 Å². The summed E-state index contributed by atoms with van der Waals surface area (Å²) in [4.78, 5) is 11.4. The van der Waals surface area contributed by atoms with Gasteiger partial charge in [-0.15, -0.1) is 0 Å². The van der Waals surface area contributed by atoms with Crippen LogP contribution in [0.25, 0.3) is 11.0 Å². The summed E-state index contributed by atoms with van der Waals surface area (Å²) in [6.07, 6.45) is 6.36. The van der Waals surface area contributed by atoms with Crippen LogP contribution in [-0.4, -0.2) is 38.0 Å². The Morgan fingerprint density at radius 1 is 1.09 bits per heavy atom. The van der Waals surface area contributed by atoms with Gasteiger partial charge < -0.3 is 19.9 Å². The number of aryl methyl sites for hydroxylation is 1. The third-order valence-corrected chi connectivity index (χ3v) is 5.11. The smallest absolute Gasteiger partial charge is 0.119 e. The monoisotopic (exact) mass is 444 g/mol. The van der Waals surface area contributed by atoms with Gasteiger partial charge in [-0.05, 0) is 54.8 Å². The Morgan fingerprint density at radius 3 is 2.61 bits per heavy atom. The SMILES string of the molecule is C/C=C(/O)CCc1ccc(OCc2cccc(C(=N)c3cc4ncncc4[nH]3)c2)cc1.CO. The van der Waals surface area contributed by atoms with E-state index in [9.17, 15) is 5.11 Å². The molecule has 0 bridgehead atoms. The highest BCUT2D eigenvalue weighted by atomic mass is 16.5. The first-order valence-corrected chi connectivity index (χ1v) is 10.6. The van der Waals surface area contributed by atoms with Gasteiger partial charge in [-0.25, -0.2) is 9.97 Å². The number of aromatic amines is 1. The topological polar surface area (TPSA) is 115 Å². The lowest BCUT2D eigenvalue weighted by atomic mass is 10.0. The summed E-state index contributed by atoms with van der Waals surface area (Å²) in [5, 5.41) is 25.1. The van der Waals surface area contributed by atoms with Crippen LogP contribution in [-0.2, 0) is 13.0 Å². The summed E-state index contributed by atoms with van der Waals surface area (Å²) in [7, 11) is 1.00. The second kappa shape index (κ2) is 11.6. The molecule has 0 aliphatic rings. The molecule has 170 valence electrons. The van der Waals surface area contributed by atoms with Crippen molar-refractivity contribution in [3.05, 3.63) is 101 Å². The van der Waals surface area contributed by atoms with Crippen LogP contribution < -0.4 is 4.74 Å². The molecule has 0 radical (unpaired) electrons. The molecule has 7 heteroatoms. The summed E-state index contributed by atoms with van der Waals surface area (Å²) in [5.74, 6) is 1.19. The number of allylic oxidation sites excluding steroid dienone is 2. The van der Waals surface area contributed by atoms with E-state index in [2.05, 4.69) is 15.0 Å². The van der Waals surface area contributed by atoms with Gasteiger partial charge in [0.1, 0.15) is 18.7 Å². The van der Waals surface area contributed by atoms with Crippen LogP contribution in [0.5, 0.6) is 5.75 Å². The highest BCUT2D eigenvalue weighted by Crippen LogP contribution is 2.19. The minimum absolute atomic E-state index is 0.397. The van der Waals surface area contributed by atoms with Gasteiger partial charge in [0.25, 0.3) is 0 Å². The fourth-order valence-corrected chi connectivity index (χ4v) is 3.31. The van der Waals surface area contributed by atoms with E-state index in [1.807, 2.05) is 61.5 Å². The van der Waals surface area contributed by atoms with Crippen LogP contribution in [0.1, 0.15) is 35.7 Å². The van der Waals surface area contributed by atoms with Crippen LogP contribution in [0.2, 0.25) is 0 Å². The number of hydrogen-bond acceptors (Lipinski definition) is 6. The predicted octanol–water partition coefficient (Wildman–Crippen LogP) is 4.96. The van der Waals surface area contributed by atoms with Crippen LogP contribution >= 0.6 is 0 Å². The van der Waals surface area contributed by atoms with Crippen molar-refractivity contribution in [2.75, 3.05) is 7.11 Å². The average molecular weight is 445 g/mol. The Hall–Kier alpha value is -3.97. The number of aliphatic hydroxyl groups is 2. The number of aromatic nitrogens is 3. The first-order chi connectivity index (χ1) is 16.1. The lowest BCUT2D eigenvalue weighted by Crippen LogP contribution is -2.03. The Labute approximate surface area is 192 Å². The van der Waals surface area contributed by atoms with E-state index in [0.29, 0.717) is 30.2 Å². The van der Waals surface area contributed by atoms with Crippen LogP contribution in [0, 0.1) is 5.41 Å². The molecule has 0 saturated heterocycles. The van der Waals surface area contributed by atoms with Gasteiger partial charge in [0.15, 0.2) is 0 Å². The Morgan fingerprint density at radius 2 is 1.88 bits per heavy atom. The highest BCUT2D eigenvalue weighted by Gasteiger charge is 2.10. The molecule has 2 aromatic carbocycles. The second-order valence-electron chi connectivity index (χ2n) is 7.29. The van der Waals surface area contributed by atoms with E-state index < -0.39 is 0 Å². The highest BCUT2D eigenvalue weighted by molar-refractivity contribution is 6.11. The van der Waals surface area contributed by atoms with E-state index in [-0.39, 0.29) is 0 Å². The lowest BCUT2D eigenvalue weighted by molar-refractivity contribution is 0.306. The number of H-pyrrole nitrogens is 1. The van der Waals surface area contributed by atoms with E-state index in [1.165, 1.54) is 6.33 Å². The number of benzene rings is 2. The maximum Gasteiger partial charge on any atom is 0.119 e. The Bertz CT molecular complexity index is 1200. The minimum Gasteiger partial charge on any atom is -0.513 e. The molecule has 0 fully saturated rings. The fourth-order valence-electron chi connectivity index (χ4n) is 3.31. The molecule has 2 heterocycles. The maximum absolute atomic E-state index is 9.57. The number of ether oxygens (including phenoxy) is 1. The molecule has 2 aromatic heterocycles. The molecular weight excluding hydrogens is 416 g/mol. The van der Waals surface area contributed by atoms with E-state index in [4.69, 9.17) is 15.3 Å². The maximum atomic E-state index is 9.57. The molecule has 0 saturated carbocycles. The zero-order valence-electron chi connectivity index (χ0n) is 18.7. The average Bonchev–Trinajstić information content (AvgIpc) is 3.32. The van der Waals surface area contributed by atoms with Gasteiger partial charge in [-0.2, -0.15) is 0 Å². The largest absolute Gasteiger partial charge is 0.513 e. The summed E-state index contributed by atoms with van der Waals surface area (Å²) >= 11 is 0.